The molecule has 0 saturated heterocycles. The normalized spacial score (nSPS) is 10.4. The molecule has 3 nitrogen and oxygen atoms in total. The molecule has 214 valence electrons. The Balaban J connectivity index is 0.000000208. The Labute approximate surface area is 251 Å². The van der Waals surface area contributed by atoms with Gasteiger partial charge < -0.3 is 11.1 Å². The maximum Gasteiger partial charge on any atom is 0.255 e. The number of nitrogens with two attached hydrogens (primary N) is 1. The van der Waals surface area contributed by atoms with Crippen LogP contribution in [0.4, 0.5) is 11.4 Å². The van der Waals surface area contributed by atoms with Crippen LogP contribution in [0.15, 0.2) is 127 Å². The standard InChI is InChI=1S/C23H23NO.C16H19N/c1-18-15-16-20(12-8-11-19-9-4-2-5-10-19)17-22(18)24-23(25)21-13-6-3-7-14-21;1-13-10-11-15(12-16(13)17)9-5-8-14-6-3-2-4-7-14/h2-7,9-10,13-17H,8,11-12H2,1H3,(H,24,25);2-4,6-7,10-12H,5,8-9,17H2,1H3. The zero-order valence-corrected chi connectivity index (χ0v) is 24.9. The summed E-state index contributed by atoms with van der Waals surface area (Å²) in [6.45, 7) is 4.07. The van der Waals surface area contributed by atoms with E-state index < -0.39 is 0 Å². The highest BCUT2D eigenvalue weighted by atomic mass is 16.1. The molecular weight excluding hydrogens is 512 g/mol. The van der Waals surface area contributed by atoms with Crippen LogP contribution in [0.3, 0.4) is 0 Å². The molecule has 0 fully saturated rings. The second-order valence-electron chi connectivity index (χ2n) is 10.8. The lowest BCUT2D eigenvalue weighted by molar-refractivity contribution is 0.102. The van der Waals surface area contributed by atoms with Gasteiger partial charge in [0.1, 0.15) is 0 Å². The van der Waals surface area contributed by atoms with Crippen LogP contribution in [0.25, 0.3) is 0 Å². The van der Waals surface area contributed by atoms with Crippen molar-refractivity contribution in [3.63, 3.8) is 0 Å². The average molecular weight is 555 g/mol. The molecule has 0 spiro atoms. The monoisotopic (exact) mass is 554 g/mol. The number of nitrogen functional groups attached to an aromatic ring is 1. The number of hydrogen-bond acceptors (Lipinski definition) is 2. The molecule has 0 unspecified atom stereocenters. The van der Waals surface area contributed by atoms with Gasteiger partial charge in [-0.25, -0.2) is 0 Å². The second-order valence-corrected chi connectivity index (χ2v) is 10.8. The summed E-state index contributed by atoms with van der Waals surface area (Å²) in [4.78, 5) is 12.4. The summed E-state index contributed by atoms with van der Waals surface area (Å²) in [5.74, 6) is -0.0647. The summed E-state index contributed by atoms with van der Waals surface area (Å²) >= 11 is 0. The van der Waals surface area contributed by atoms with Crippen molar-refractivity contribution in [1.29, 1.82) is 0 Å². The Morgan fingerprint density at radius 2 is 1.00 bits per heavy atom. The smallest absolute Gasteiger partial charge is 0.255 e. The highest BCUT2D eigenvalue weighted by Crippen LogP contribution is 2.20. The van der Waals surface area contributed by atoms with Gasteiger partial charge in [0, 0.05) is 16.9 Å². The van der Waals surface area contributed by atoms with E-state index in [1.807, 2.05) is 50.2 Å². The zero-order chi connectivity index (χ0) is 29.6. The van der Waals surface area contributed by atoms with Gasteiger partial charge in [-0.3, -0.25) is 4.79 Å². The van der Waals surface area contributed by atoms with Crippen molar-refractivity contribution in [2.24, 2.45) is 0 Å². The van der Waals surface area contributed by atoms with Gasteiger partial charge >= 0.3 is 0 Å². The van der Waals surface area contributed by atoms with Crippen molar-refractivity contribution in [3.8, 4) is 0 Å². The predicted molar refractivity (Wildman–Crippen MR) is 178 cm³/mol. The van der Waals surface area contributed by atoms with Crippen LogP contribution in [-0.2, 0) is 25.7 Å². The van der Waals surface area contributed by atoms with Gasteiger partial charge in [0.05, 0.1) is 0 Å². The van der Waals surface area contributed by atoms with Gasteiger partial charge in [0.25, 0.3) is 5.91 Å². The molecule has 0 radical (unpaired) electrons. The minimum atomic E-state index is -0.0647. The fraction of sp³-hybridized carbons (Fsp3) is 0.205. The third-order valence-corrected chi connectivity index (χ3v) is 7.48. The zero-order valence-electron chi connectivity index (χ0n) is 24.9. The lowest BCUT2D eigenvalue weighted by Gasteiger charge is -2.11. The number of aryl methyl sites for hydroxylation is 6. The Bertz CT molecular complexity index is 1530. The third kappa shape index (κ3) is 9.78. The molecule has 5 aromatic carbocycles. The lowest BCUT2D eigenvalue weighted by Crippen LogP contribution is -2.12. The van der Waals surface area contributed by atoms with Crippen LogP contribution >= 0.6 is 0 Å². The summed E-state index contributed by atoms with van der Waals surface area (Å²) in [5, 5.41) is 3.04. The first-order chi connectivity index (χ1) is 20.5. The number of anilines is 2. The molecule has 0 bridgehead atoms. The molecule has 0 aliphatic heterocycles. The first-order valence-corrected chi connectivity index (χ1v) is 14.9. The summed E-state index contributed by atoms with van der Waals surface area (Å²) in [6, 6.07) is 43.2. The Morgan fingerprint density at radius 1 is 0.548 bits per heavy atom. The van der Waals surface area contributed by atoms with Gasteiger partial charge in [-0.15, -0.1) is 0 Å². The van der Waals surface area contributed by atoms with E-state index in [0.29, 0.717) is 5.56 Å². The number of hydrogen-bond donors (Lipinski definition) is 2. The minimum Gasteiger partial charge on any atom is -0.399 e. The molecular formula is C39H42N2O. The summed E-state index contributed by atoms with van der Waals surface area (Å²) in [7, 11) is 0. The number of carbonyl (C=O) groups is 1. The van der Waals surface area contributed by atoms with Crippen LogP contribution in [-0.4, -0.2) is 5.91 Å². The Morgan fingerprint density at radius 3 is 1.52 bits per heavy atom. The third-order valence-electron chi connectivity index (χ3n) is 7.48. The summed E-state index contributed by atoms with van der Waals surface area (Å²) in [5.41, 5.74) is 16.0. The van der Waals surface area contributed by atoms with Crippen LogP contribution < -0.4 is 11.1 Å². The molecule has 3 N–H and O–H groups in total. The fourth-order valence-corrected chi connectivity index (χ4v) is 4.87. The highest BCUT2D eigenvalue weighted by molar-refractivity contribution is 6.04. The SMILES string of the molecule is Cc1ccc(CCCc2ccccc2)cc1N.Cc1ccc(CCCc2ccccc2)cc1NC(=O)c1ccccc1. The van der Waals surface area contributed by atoms with E-state index in [-0.39, 0.29) is 5.91 Å². The van der Waals surface area contributed by atoms with E-state index >= 15 is 0 Å². The van der Waals surface area contributed by atoms with Crippen molar-refractivity contribution in [1.82, 2.24) is 0 Å². The molecule has 5 aromatic rings. The van der Waals surface area contributed by atoms with Gasteiger partial charge in [-0.05, 0) is 110 Å². The number of rotatable bonds is 10. The maximum atomic E-state index is 12.4. The number of nitrogens with one attached hydrogen (secondary N) is 1. The first-order valence-electron chi connectivity index (χ1n) is 14.9. The van der Waals surface area contributed by atoms with E-state index in [2.05, 4.69) is 96.3 Å². The van der Waals surface area contributed by atoms with E-state index in [9.17, 15) is 4.79 Å². The van der Waals surface area contributed by atoms with Crippen molar-refractivity contribution in [3.05, 3.63) is 166 Å². The van der Waals surface area contributed by atoms with E-state index in [1.165, 1.54) is 28.7 Å². The number of carbonyl (C=O) groups excluding carboxylic acids is 1. The Hall–Kier alpha value is -4.63. The number of benzene rings is 5. The number of amides is 1. The molecule has 0 heterocycles. The van der Waals surface area contributed by atoms with Crippen molar-refractivity contribution in [2.45, 2.75) is 52.4 Å². The molecule has 0 saturated carbocycles. The fourth-order valence-electron chi connectivity index (χ4n) is 4.87. The van der Waals surface area contributed by atoms with Crippen LogP contribution in [0.5, 0.6) is 0 Å². The van der Waals surface area contributed by atoms with Gasteiger partial charge in [0.2, 0.25) is 0 Å². The lowest BCUT2D eigenvalue weighted by atomic mass is 10.0. The van der Waals surface area contributed by atoms with Crippen LogP contribution in [0.2, 0.25) is 0 Å². The van der Waals surface area contributed by atoms with Crippen LogP contribution in [0, 0.1) is 13.8 Å². The summed E-state index contributed by atoms with van der Waals surface area (Å²) in [6.07, 6.45) is 6.57. The Kier molecular flexibility index (Phi) is 11.5. The maximum absolute atomic E-state index is 12.4. The van der Waals surface area contributed by atoms with Crippen molar-refractivity contribution >= 4 is 17.3 Å². The topological polar surface area (TPSA) is 55.1 Å². The molecule has 0 aliphatic rings. The quantitative estimate of drug-likeness (QED) is 0.169. The molecule has 0 atom stereocenters. The molecule has 0 aliphatic carbocycles. The van der Waals surface area contributed by atoms with Gasteiger partial charge in [0.15, 0.2) is 0 Å². The van der Waals surface area contributed by atoms with Crippen molar-refractivity contribution < 1.29 is 4.79 Å². The largest absolute Gasteiger partial charge is 0.399 e. The minimum absolute atomic E-state index is 0.0647. The molecule has 42 heavy (non-hydrogen) atoms. The molecule has 1 amide bonds. The summed E-state index contributed by atoms with van der Waals surface area (Å²) < 4.78 is 0. The van der Waals surface area contributed by atoms with Crippen LogP contribution in [0.1, 0.15) is 56.6 Å². The van der Waals surface area contributed by atoms with E-state index in [1.54, 1.807) is 0 Å². The average Bonchev–Trinajstić information content (AvgIpc) is 3.02. The first kappa shape index (κ1) is 30.3. The molecule has 5 rings (SSSR count). The van der Waals surface area contributed by atoms with E-state index in [4.69, 9.17) is 5.73 Å². The van der Waals surface area contributed by atoms with Crippen molar-refractivity contribution in [2.75, 3.05) is 11.1 Å². The highest BCUT2D eigenvalue weighted by Gasteiger charge is 2.08. The second kappa shape index (κ2) is 16.0. The van der Waals surface area contributed by atoms with E-state index in [0.717, 1.165) is 54.6 Å². The molecule has 3 heteroatoms. The molecule has 0 aromatic heterocycles. The predicted octanol–water partition coefficient (Wildman–Crippen LogP) is 9.18. The van der Waals surface area contributed by atoms with Gasteiger partial charge in [-0.2, -0.15) is 0 Å². The van der Waals surface area contributed by atoms with Gasteiger partial charge in [-0.1, -0.05) is 103 Å².